The van der Waals surface area contributed by atoms with Gasteiger partial charge in [0, 0.05) is 36.0 Å². The lowest BCUT2D eigenvalue weighted by Gasteiger charge is -2.32. The number of para-hydroxylation sites is 2. The number of rotatable bonds is 4. The summed E-state index contributed by atoms with van der Waals surface area (Å²) >= 11 is 5.93. The van der Waals surface area contributed by atoms with Crippen LogP contribution in [-0.2, 0) is 0 Å². The Morgan fingerprint density at radius 1 is 1.31 bits per heavy atom. The number of phenols is 1. The van der Waals surface area contributed by atoms with Gasteiger partial charge in [0.25, 0.3) is 0 Å². The zero-order valence-corrected chi connectivity index (χ0v) is 15.2. The van der Waals surface area contributed by atoms with Crippen LogP contribution < -0.4 is 4.90 Å². The number of nitro benzene ring substituents is 1. The number of halogens is 1. The molecule has 136 valence electrons. The average molecular weight is 374 g/mol. The van der Waals surface area contributed by atoms with Crippen LogP contribution in [0.3, 0.4) is 0 Å². The Morgan fingerprint density at radius 2 is 2.00 bits per heavy atom. The van der Waals surface area contributed by atoms with Crippen LogP contribution in [0.2, 0.25) is 5.02 Å². The summed E-state index contributed by atoms with van der Waals surface area (Å²) in [5.41, 5.74) is 1.55. The number of nitrogens with zero attached hydrogens (tertiary/aromatic N) is 3. The average Bonchev–Trinajstić information content (AvgIpc) is 2.63. The lowest BCUT2D eigenvalue weighted by atomic mass is 9.98. The summed E-state index contributed by atoms with van der Waals surface area (Å²) in [5.74, 6) is 0.290. The van der Waals surface area contributed by atoms with Gasteiger partial charge in [-0.2, -0.15) is 0 Å². The molecule has 1 N–H and O–H groups in total. The Balaban J connectivity index is 1.92. The van der Waals surface area contributed by atoms with Gasteiger partial charge in [0.1, 0.15) is 0 Å². The van der Waals surface area contributed by atoms with Crippen LogP contribution in [0.1, 0.15) is 25.3 Å². The Labute approximate surface area is 156 Å². The number of benzene rings is 2. The highest BCUT2D eigenvalue weighted by Gasteiger charge is 2.19. The Morgan fingerprint density at radius 3 is 2.69 bits per heavy atom. The van der Waals surface area contributed by atoms with Gasteiger partial charge in [-0.3, -0.25) is 15.1 Å². The van der Waals surface area contributed by atoms with E-state index in [4.69, 9.17) is 11.6 Å². The van der Waals surface area contributed by atoms with Crippen molar-refractivity contribution in [3.05, 3.63) is 57.1 Å². The molecular weight excluding hydrogens is 354 g/mol. The van der Waals surface area contributed by atoms with Crippen LogP contribution in [0.4, 0.5) is 17.1 Å². The normalized spacial score (nSPS) is 15.5. The maximum absolute atomic E-state index is 11.0. The lowest BCUT2D eigenvalue weighted by molar-refractivity contribution is -0.385. The van der Waals surface area contributed by atoms with Crippen molar-refractivity contribution in [1.29, 1.82) is 0 Å². The molecule has 1 aliphatic heterocycles. The van der Waals surface area contributed by atoms with E-state index < -0.39 is 16.4 Å². The van der Waals surface area contributed by atoms with E-state index in [0.717, 1.165) is 49.3 Å². The van der Waals surface area contributed by atoms with E-state index in [2.05, 4.69) is 16.8 Å². The van der Waals surface area contributed by atoms with E-state index in [1.165, 1.54) is 12.3 Å². The minimum atomic E-state index is -0.665. The van der Waals surface area contributed by atoms with E-state index in [1.54, 1.807) is 0 Å². The molecule has 26 heavy (non-hydrogen) atoms. The maximum Gasteiger partial charge on any atom is 0.312 e. The number of aromatic hydroxyl groups is 1. The third-order valence-corrected chi connectivity index (χ3v) is 4.85. The summed E-state index contributed by atoms with van der Waals surface area (Å²) in [6.45, 7) is 4.21. The van der Waals surface area contributed by atoms with Gasteiger partial charge < -0.3 is 10.0 Å². The SMILES string of the molecule is CC1CCN(c2ccccc2N=Cc2cc(Cl)cc([N+](=O)[O-])c2O)CC1. The highest BCUT2D eigenvalue weighted by atomic mass is 35.5. The van der Waals surface area contributed by atoms with Crippen LogP contribution in [0.15, 0.2) is 41.4 Å². The maximum atomic E-state index is 11.0. The second-order valence-corrected chi connectivity index (χ2v) is 6.97. The van der Waals surface area contributed by atoms with Crippen LogP contribution in [-0.4, -0.2) is 29.3 Å². The predicted molar refractivity (Wildman–Crippen MR) is 104 cm³/mol. The summed E-state index contributed by atoms with van der Waals surface area (Å²) in [7, 11) is 0. The van der Waals surface area contributed by atoms with Gasteiger partial charge in [-0.05, 0) is 37.0 Å². The van der Waals surface area contributed by atoms with Crippen molar-refractivity contribution in [2.45, 2.75) is 19.8 Å². The van der Waals surface area contributed by atoms with Crippen molar-refractivity contribution < 1.29 is 10.0 Å². The van der Waals surface area contributed by atoms with Crippen molar-refractivity contribution in [1.82, 2.24) is 0 Å². The van der Waals surface area contributed by atoms with Crippen molar-refractivity contribution in [3.63, 3.8) is 0 Å². The van der Waals surface area contributed by atoms with E-state index in [-0.39, 0.29) is 10.6 Å². The summed E-state index contributed by atoms with van der Waals surface area (Å²) in [5, 5.41) is 21.3. The molecule has 1 aliphatic rings. The van der Waals surface area contributed by atoms with Crippen LogP contribution in [0.5, 0.6) is 5.75 Å². The Bertz CT molecular complexity index is 846. The number of anilines is 1. The third-order valence-electron chi connectivity index (χ3n) is 4.63. The lowest BCUT2D eigenvalue weighted by Crippen LogP contribution is -2.32. The fourth-order valence-electron chi connectivity index (χ4n) is 3.07. The van der Waals surface area contributed by atoms with Gasteiger partial charge in [-0.25, -0.2) is 0 Å². The molecule has 0 aliphatic carbocycles. The number of hydrogen-bond acceptors (Lipinski definition) is 5. The molecule has 0 amide bonds. The molecule has 0 saturated carbocycles. The number of phenolic OH excluding ortho intramolecular Hbond substituents is 1. The van der Waals surface area contributed by atoms with Crippen LogP contribution in [0, 0.1) is 16.0 Å². The molecule has 0 radical (unpaired) electrons. The number of piperidine rings is 1. The summed E-state index contributed by atoms with van der Waals surface area (Å²) in [6, 6.07) is 10.3. The predicted octanol–water partition coefficient (Wildman–Crippen LogP) is 4.94. The molecule has 1 heterocycles. The minimum absolute atomic E-state index is 0.175. The second kappa shape index (κ2) is 7.74. The van der Waals surface area contributed by atoms with E-state index in [9.17, 15) is 15.2 Å². The highest BCUT2D eigenvalue weighted by Crippen LogP contribution is 2.34. The molecule has 2 aromatic rings. The first kappa shape index (κ1) is 18.2. The fourth-order valence-corrected chi connectivity index (χ4v) is 3.29. The van der Waals surface area contributed by atoms with Crippen molar-refractivity contribution in [3.8, 4) is 5.75 Å². The molecule has 2 aromatic carbocycles. The molecule has 1 saturated heterocycles. The molecule has 3 rings (SSSR count). The highest BCUT2D eigenvalue weighted by molar-refractivity contribution is 6.31. The molecule has 0 atom stereocenters. The Kier molecular flexibility index (Phi) is 5.42. The first-order valence-corrected chi connectivity index (χ1v) is 8.88. The van der Waals surface area contributed by atoms with Crippen LogP contribution in [0.25, 0.3) is 0 Å². The molecule has 1 fully saturated rings. The first-order chi connectivity index (χ1) is 12.5. The first-order valence-electron chi connectivity index (χ1n) is 8.50. The molecular formula is C19H20ClN3O3. The van der Waals surface area contributed by atoms with Gasteiger partial charge in [0.05, 0.1) is 16.3 Å². The largest absolute Gasteiger partial charge is 0.502 e. The molecule has 0 spiro atoms. The molecule has 0 bridgehead atoms. The van der Waals surface area contributed by atoms with Gasteiger partial charge in [0.2, 0.25) is 5.75 Å². The smallest absolute Gasteiger partial charge is 0.312 e. The molecule has 6 nitrogen and oxygen atoms in total. The van der Waals surface area contributed by atoms with E-state index in [1.807, 2.05) is 24.3 Å². The zero-order chi connectivity index (χ0) is 18.7. The third kappa shape index (κ3) is 3.96. The standard InChI is InChI=1S/C19H20ClN3O3/c1-13-6-8-22(9-7-13)17-5-3-2-4-16(17)21-12-14-10-15(20)11-18(19(14)24)23(25)26/h2-5,10-13,24H,6-9H2,1H3. The minimum Gasteiger partial charge on any atom is -0.502 e. The monoisotopic (exact) mass is 373 g/mol. The van der Waals surface area contributed by atoms with Crippen molar-refractivity contribution >= 4 is 34.9 Å². The Hall–Kier alpha value is -2.60. The summed E-state index contributed by atoms with van der Waals surface area (Å²) < 4.78 is 0. The zero-order valence-electron chi connectivity index (χ0n) is 14.4. The van der Waals surface area contributed by atoms with Gasteiger partial charge >= 0.3 is 5.69 Å². The van der Waals surface area contributed by atoms with E-state index >= 15 is 0 Å². The van der Waals surface area contributed by atoms with Gasteiger partial charge in [-0.1, -0.05) is 30.7 Å². The fraction of sp³-hybridized carbons (Fsp3) is 0.316. The molecule has 7 heteroatoms. The summed E-state index contributed by atoms with van der Waals surface area (Å²) in [6.07, 6.45) is 3.69. The number of aliphatic imine (C=N–C) groups is 1. The number of hydrogen-bond donors (Lipinski definition) is 1. The quantitative estimate of drug-likeness (QED) is 0.467. The van der Waals surface area contributed by atoms with Crippen molar-refractivity contribution in [2.75, 3.05) is 18.0 Å². The summed E-state index contributed by atoms with van der Waals surface area (Å²) in [4.78, 5) is 17.1. The van der Waals surface area contributed by atoms with Gasteiger partial charge in [-0.15, -0.1) is 0 Å². The van der Waals surface area contributed by atoms with E-state index in [0.29, 0.717) is 0 Å². The van der Waals surface area contributed by atoms with Gasteiger partial charge in [0.15, 0.2) is 0 Å². The number of nitro groups is 1. The van der Waals surface area contributed by atoms with Crippen molar-refractivity contribution in [2.24, 2.45) is 10.9 Å². The van der Waals surface area contributed by atoms with Crippen LogP contribution >= 0.6 is 11.6 Å². The topological polar surface area (TPSA) is 79.0 Å². The second-order valence-electron chi connectivity index (χ2n) is 6.54. The molecule has 0 unspecified atom stereocenters. The molecule has 0 aromatic heterocycles.